The lowest BCUT2D eigenvalue weighted by Crippen LogP contribution is -2.07. The normalized spacial score (nSPS) is 12.2. The van der Waals surface area contributed by atoms with Crippen LogP contribution in [0.25, 0.3) is 12.2 Å². The molecule has 20 heavy (non-hydrogen) atoms. The molecule has 2 rings (SSSR count). The van der Waals surface area contributed by atoms with Crippen molar-refractivity contribution in [3.63, 3.8) is 0 Å². The summed E-state index contributed by atoms with van der Waals surface area (Å²) in [5.74, 6) is -0.685. The van der Waals surface area contributed by atoms with Crippen molar-refractivity contribution in [3.8, 4) is 0 Å². The van der Waals surface area contributed by atoms with E-state index < -0.39 is 17.6 Å². The molecule has 0 saturated heterocycles. The highest BCUT2D eigenvalue weighted by molar-refractivity contribution is 6.16. The lowest BCUT2D eigenvalue weighted by atomic mass is 10.1. The summed E-state index contributed by atoms with van der Waals surface area (Å²) >= 11 is 5.52. The zero-order chi connectivity index (χ0) is 14.8. The van der Waals surface area contributed by atoms with Crippen LogP contribution in [0.5, 0.6) is 0 Å². The van der Waals surface area contributed by atoms with Crippen molar-refractivity contribution >= 4 is 23.8 Å². The molecule has 0 spiro atoms. The summed E-state index contributed by atoms with van der Waals surface area (Å²) in [6.07, 6.45) is -0.910. The topological polar surface area (TPSA) is 26.0 Å². The monoisotopic (exact) mass is 305 g/mol. The summed E-state index contributed by atoms with van der Waals surface area (Å²) in [5.41, 5.74) is -0.760. The Kier molecular flexibility index (Phi) is 4.13. The van der Waals surface area contributed by atoms with Gasteiger partial charge in [0, 0.05) is 6.08 Å². The molecule has 0 radical (unpaired) electrons. The van der Waals surface area contributed by atoms with Crippen LogP contribution in [0.15, 0.2) is 28.9 Å². The highest BCUT2D eigenvalue weighted by atomic mass is 35.5. The molecule has 0 aliphatic rings. The first-order valence-corrected chi connectivity index (χ1v) is 5.99. The fourth-order valence-electron chi connectivity index (χ4n) is 1.54. The molecule has 2 nitrogen and oxygen atoms in total. The van der Waals surface area contributed by atoms with Crippen LogP contribution in [-0.4, -0.2) is 4.98 Å². The minimum atomic E-state index is -4.64. The first-order chi connectivity index (χ1) is 9.40. The van der Waals surface area contributed by atoms with Gasteiger partial charge in [-0.05, 0) is 23.8 Å². The molecule has 7 heteroatoms. The molecule has 106 valence electrons. The van der Waals surface area contributed by atoms with Crippen molar-refractivity contribution in [1.82, 2.24) is 4.98 Å². The summed E-state index contributed by atoms with van der Waals surface area (Å²) < 4.78 is 56.2. The van der Waals surface area contributed by atoms with Gasteiger partial charge in [0.05, 0.1) is 17.1 Å². The van der Waals surface area contributed by atoms with Gasteiger partial charge < -0.3 is 4.42 Å². The summed E-state index contributed by atoms with van der Waals surface area (Å²) in [6, 6.07) is 2.44. The predicted molar refractivity (Wildman–Crippen MR) is 66.4 cm³/mol. The van der Waals surface area contributed by atoms with E-state index in [-0.39, 0.29) is 17.3 Å². The van der Waals surface area contributed by atoms with Gasteiger partial charge in [-0.1, -0.05) is 6.07 Å². The zero-order valence-electron chi connectivity index (χ0n) is 9.92. The average molecular weight is 306 g/mol. The standard InChI is InChI=1S/C13H8ClF4NO/c14-6-10-7-20-12(19-10)4-2-8-1-3-9(15)5-11(8)13(16,17)18/h1-5,7H,6H2/b4-2+. The second-order valence-electron chi connectivity index (χ2n) is 3.87. The van der Waals surface area contributed by atoms with E-state index in [1.165, 1.54) is 12.3 Å². The van der Waals surface area contributed by atoms with Crippen LogP contribution in [-0.2, 0) is 12.1 Å². The Hall–Kier alpha value is -1.82. The van der Waals surface area contributed by atoms with Crippen LogP contribution in [0.3, 0.4) is 0 Å². The third kappa shape index (κ3) is 3.39. The fourth-order valence-corrected chi connectivity index (χ4v) is 1.66. The smallest absolute Gasteiger partial charge is 0.417 e. The number of halogens is 5. The number of nitrogens with zero attached hydrogens (tertiary/aromatic N) is 1. The molecule has 1 aromatic heterocycles. The molecule has 0 aliphatic heterocycles. The molecule has 1 heterocycles. The number of rotatable bonds is 3. The van der Waals surface area contributed by atoms with Crippen LogP contribution in [0.2, 0.25) is 0 Å². The molecule has 0 saturated carbocycles. The Balaban J connectivity index is 2.33. The first-order valence-electron chi connectivity index (χ1n) is 5.45. The second-order valence-corrected chi connectivity index (χ2v) is 4.14. The van der Waals surface area contributed by atoms with Gasteiger partial charge in [-0.15, -0.1) is 11.6 Å². The van der Waals surface area contributed by atoms with E-state index in [0.717, 1.165) is 18.2 Å². The molecule has 0 aliphatic carbocycles. The van der Waals surface area contributed by atoms with Gasteiger partial charge in [0.2, 0.25) is 5.89 Å². The average Bonchev–Trinajstić information content (AvgIpc) is 2.84. The van der Waals surface area contributed by atoms with Gasteiger partial charge in [0.1, 0.15) is 12.1 Å². The maximum atomic E-state index is 12.9. The molecular formula is C13H8ClF4NO. The zero-order valence-corrected chi connectivity index (χ0v) is 10.7. The molecule has 0 fully saturated rings. The van der Waals surface area contributed by atoms with E-state index >= 15 is 0 Å². The van der Waals surface area contributed by atoms with E-state index in [0.29, 0.717) is 11.8 Å². The van der Waals surface area contributed by atoms with E-state index in [1.54, 1.807) is 0 Å². The van der Waals surface area contributed by atoms with Gasteiger partial charge >= 0.3 is 6.18 Å². The van der Waals surface area contributed by atoms with Crippen LogP contribution < -0.4 is 0 Å². The third-order valence-electron chi connectivity index (χ3n) is 2.43. The van der Waals surface area contributed by atoms with Crippen molar-refractivity contribution in [2.45, 2.75) is 12.1 Å². The Morgan fingerprint density at radius 1 is 1.25 bits per heavy atom. The molecule has 2 aromatic rings. The Bertz CT molecular complexity index is 634. The van der Waals surface area contributed by atoms with E-state index in [9.17, 15) is 17.6 Å². The quantitative estimate of drug-likeness (QED) is 0.604. The van der Waals surface area contributed by atoms with Crippen molar-refractivity contribution in [3.05, 3.63) is 53.0 Å². The second kappa shape index (κ2) is 5.66. The molecule has 0 bridgehead atoms. The van der Waals surface area contributed by atoms with Crippen molar-refractivity contribution in [2.24, 2.45) is 0 Å². The summed E-state index contributed by atoms with van der Waals surface area (Å²) in [6.45, 7) is 0. The largest absolute Gasteiger partial charge is 0.445 e. The minimum absolute atomic E-state index is 0.123. The van der Waals surface area contributed by atoms with E-state index in [4.69, 9.17) is 16.0 Å². The molecule has 0 atom stereocenters. The highest BCUT2D eigenvalue weighted by Gasteiger charge is 2.33. The van der Waals surface area contributed by atoms with E-state index in [2.05, 4.69) is 4.98 Å². The van der Waals surface area contributed by atoms with Crippen LogP contribution in [0.4, 0.5) is 17.6 Å². The lowest BCUT2D eigenvalue weighted by Gasteiger charge is -2.09. The summed E-state index contributed by atoms with van der Waals surface area (Å²) in [4.78, 5) is 3.91. The van der Waals surface area contributed by atoms with Gasteiger partial charge in [-0.2, -0.15) is 13.2 Å². The van der Waals surface area contributed by atoms with Crippen molar-refractivity contribution in [1.29, 1.82) is 0 Å². The van der Waals surface area contributed by atoms with Gasteiger partial charge in [0.25, 0.3) is 0 Å². The van der Waals surface area contributed by atoms with Crippen LogP contribution in [0.1, 0.15) is 22.7 Å². The van der Waals surface area contributed by atoms with E-state index in [1.807, 2.05) is 0 Å². The van der Waals surface area contributed by atoms with Crippen LogP contribution in [0, 0.1) is 5.82 Å². The Morgan fingerprint density at radius 3 is 2.60 bits per heavy atom. The SMILES string of the molecule is Fc1ccc(/C=C/c2nc(CCl)co2)c(C(F)(F)F)c1. The Morgan fingerprint density at radius 2 is 2.00 bits per heavy atom. The van der Waals surface area contributed by atoms with Gasteiger partial charge in [-0.25, -0.2) is 9.37 Å². The van der Waals surface area contributed by atoms with Crippen LogP contribution >= 0.6 is 11.6 Å². The number of benzene rings is 1. The molecule has 0 unspecified atom stereocenters. The molecule has 0 N–H and O–H groups in total. The maximum absolute atomic E-state index is 12.9. The lowest BCUT2D eigenvalue weighted by molar-refractivity contribution is -0.137. The number of hydrogen-bond acceptors (Lipinski definition) is 2. The maximum Gasteiger partial charge on any atom is 0.417 e. The number of hydrogen-bond donors (Lipinski definition) is 0. The van der Waals surface area contributed by atoms with Gasteiger partial charge in [-0.3, -0.25) is 0 Å². The summed E-state index contributed by atoms with van der Waals surface area (Å²) in [7, 11) is 0. The molecule has 0 amide bonds. The van der Waals surface area contributed by atoms with Crippen molar-refractivity contribution < 1.29 is 22.0 Å². The fraction of sp³-hybridized carbons (Fsp3) is 0.154. The minimum Gasteiger partial charge on any atom is -0.445 e. The number of oxazole rings is 1. The third-order valence-corrected chi connectivity index (χ3v) is 2.71. The molecule has 1 aromatic carbocycles. The molecular weight excluding hydrogens is 298 g/mol. The predicted octanol–water partition coefficient (Wildman–Crippen LogP) is 4.74. The summed E-state index contributed by atoms with van der Waals surface area (Å²) in [5, 5.41) is 0. The highest BCUT2D eigenvalue weighted by Crippen LogP contribution is 2.33. The first kappa shape index (κ1) is 14.6. The number of alkyl halides is 4. The Labute approximate surface area is 116 Å². The van der Waals surface area contributed by atoms with Crippen molar-refractivity contribution in [2.75, 3.05) is 0 Å². The van der Waals surface area contributed by atoms with Gasteiger partial charge in [0.15, 0.2) is 0 Å². The number of aromatic nitrogens is 1.